The Labute approximate surface area is 79.7 Å². The topological polar surface area (TPSA) is 26.0 Å². The van der Waals surface area contributed by atoms with Gasteiger partial charge in [-0.1, -0.05) is 26.0 Å². The quantitative estimate of drug-likeness (QED) is 0.555. The molecule has 0 heterocycles. The summed E-state index contributed by atoms with van der Waals surface area (Å²) in [5.74, 6) is 0. The van der Waals surface area contributed by atoms with Crippen LogP contribution in [0, 0.1) is 20.8 Å². The Balaban J connectivity index is -0.0000000174. The molecule has 1 heteroatoms. The summed E-state index contributed by atoms with van der Waals surface area (Å²) in [4.78, 5) is 0. The molecular formula is C11H24N. The van der Waals surface area contributed by atoms with Gasteiger partial charge in [0.1, 0.15) is 0 Å². The lowest BCUT2D eigenvalue weighted by molar-refractivity contribution is 1.48. The normalized spacial score (nSPS) is 3.50. The van der Waals surface area contributed by atoms with Gasteiger partial charge in [-0.25, -0.2) is 0 Å². The minimum atomic E-state index is 1.50. The third-order valence-corrected chi connectivity index (χ3v) is 0. The first-order valence-electron chi connectivity index (χ1n) is 3.42. The molecule has 0 aromatic heterocycles. The van der Waals surface area contributed by atoms with E-state index in [4.69, 9.17) is 0 Å². The van der Waals surface area contributed by atoms with Gasteiger partial charge in [0.2, 0.25) is 0 Å². The Kier molecular flexibility index (Phi) is 1560. The maximum Gasteiger partial charge on any atom is -0.0195 e. The highest BCUT2D eigenvalue weighted by Crippen LogP contribution is 1.36. The molecule has 0 unspecified atom stereocenters. The molecule has 12 heavy (non-hydrogen) atoms. The second-order valence-corrected chi connectivity index (χ2v) is 0.577. The van der Waals surface area contributed by atoms with Crippen molar-refractivity contribution in [3.8, 4) is 0 Å². The Hall–Kier alpha value is -0.820. The van der Waals surface area contributed by atoms with E-state index in [-0.39, 0.29) is 0 Å². The summed E-state index contributed by atoms with van der Waals surface area (Å²) < 4.78 is 0. The zero-order chi connectivity index (χ0) is 11.4. The van der Waals surface area contributed by atoms with Crippen molar-refractivity contribution in [2.24, 2.45) is 5.73 Å². The van der Waals surface area contributed by atoms with Crippen LogP contribution in [0.4, 0.5) is 0 Å². The van der Waals surface area contributed by atoms with Gasteiger partial charge in [0.15, 0.2) is 0 Å². The predicted molar refractivity (Wildman–Crippen MR) is 63.5 cm³/mol. The number of hydrogen-bond donors (Lipinski definition) is 1. The highest BCUT2D eigenvalue weighted by atomic mass is 14.4. The van der Waals surface area contributed by atoms with Crippen molar-refractivity contribution < 1.29 is 0 Å². The molecule has 0 amide bonds. The summed E-state index contributed by atoms with van der Waals surface area (Å²) in [7, 11) is 1.50. The third kappa shape index (κ3) is 914. The summed E-state index contributed by atoms with van der Waals surface area (Å²) in [5, 5.41) is 0. The molecule has 73 valence electrons. The molecule has 0 spiro atoms. The maximum atomic E-state index is 4.50. The van der Waals surface area contributed by atoms with Crippen LogP contribution >= 0.6 is 0 Å². The first-order chi connectivity index (χ1) is 5.83. The van der Waals surface area contributed by atoms with Crippen LogP contribution in [0.1, 0.15) is 6.92 Å². The van der Waals surface area contributed by atoms with Gasteiger partial charge in [-0.2, -0.15) is 0 Å². The van der Waals surface area contributed by atoms with Crippen LogP contribution in [0.2, 0.25) is 0 Å². The molecule has 0 bridgehead atoms. The molecule has 0 saturated carbocycles. The van der Waals surface area contributed by atoms with Crippen molar-refractivity contribution in [1.82, 2.24) is 0 Å². The van der Waals surface area contributed by atoms with Gasteiger partial charge in [-0.15, -0.1) is 26.3 Å². The van der Waals surface area contributed by atoms with E-state index in [1.807, 2.05) is 0 Å². The molecule has 0 aliphatic rings. The molecule has 2 N–H and O–H groups in total. The Morgan fingerprint density at radius 1 is 0.833 bits per heavy atom. The number of rotatable bonds is 0. The van der Waals surface area contributed by atoms with Gasteiger partial charge in [0.25, 0.3) is 0 Å². The summed E-state index contributed by atoms with van der Waals surface area (Å²) >= 11 is 0. The van der Waals surface area contributed by atoms with E-state index in [2.05, 4.69) is 52.8 Å². The lowest BCUT2D eigenvalue weighted by Gasteiger charge is -1.30. The fourth-order valence-corrected chi connectivity index (χ4v) is 0. The van der Waals surface area contributed by atoms with E-state index in [1.54, 1.807) is 6.92 Å². The van der Waals surface area contributed by atoms with Gasteiger partial charge in [0.05, 0.1) is 0 Å². The number of hydrogen-bond acceptors (Lipinski definition) is 1. The standard InChI is InChI=1S/2C3H5.C2H5.C2H4.CH5N/c2*1-3-2;3*1-2/h2*3H,1-2H2;1H2,2H3;1-2H2;2H2,1H3. The van der Waals surface area contributed by atoms with Crippen LogP contribution in [-0.4, -0.2) is 7.05 Å². The number of nitrogens with two attached hydrogens (primary N) is 1. The molecular weight excluding hydrogens is 146 g/mol. The van der Waals surface area contributed by atoms with Crippen LogP contribution in [0.3, 0.4) is 0 Å². The zero-order valence-electron chi connectivity index (χ0n) is 8.68. The van der Waals surface area contributed by atoms with Crippen molar-refractivity contribution >= 4 is 0 Å². The highest BCUT2D eigenvalue weighted by molar-refractivity contribution is 4.66. The van der Waals surface area contributed by atoms with E-state index >= 15 is 0 Å². The van der Waals surface area contributed by atoms with Crippen molar-refractivity contribution in [1.29, 1.82) is 0 Å². The molecule has 1 nitrogen and oxygen atoms in total. The maximum absolute atomic E-state index is 4.50. The van der Waals surface area contributed by atoms with Gasteiger partial charge < -0.3 is 5.73 Å². The lowest BCUT2D eigenvalue weighted by atomic mass is 10.8. The lowest BCUT2D eigenvalue weighted by Crippen LogP contribution is -1.69. The first kappa shape index (κ1) is 30.3. The van der Waals surface area contributed by atoms with Gasteiger partial charge in [-0.3, -0.25) is 0 Å². The van der Waals surface area contributed by atoms with Crippen molar-refractivity contribution in [2.45, 2.75) is 6.92 Å². The van der Waals surface area contributed by atoms with Crippen LogP contribution in [-0.2, 0) is 0 Å². The van der Waals surface area contributed by atoms with E-state index in [0.29, 0.717) is 0 Å². The highest BCUT2D eigenvalue weighted by Gasteiger charge is 1.16. The zero-order valence-corrected chi connectivity index (χ0v) is 8.68. The SMILES string of the molecule is C=C.CN.[CH2]C.[CH2]C=C.[CH2]C=C. The molecule has 0 saturated heterocycles. The second kappa shape index (κ2) is 616. The van der Waals surface area contributed by atoms with Gasteiger partial charge in [-0.05, 0) is 20.9 Å². The molecule has 0 atom stereocenters. The number of allylic oxidation sites excluding steroid dienone is 2. The summed E-state index contributed by atoms with van der Waals surface area (Å²) in [5.41, 5.74) is 4.50. The van der Waals surface area contributed by atoms with E-state index in [1.165, 1.54) is 19.2 Å². The molecule has 3 radical (unpaired) electrons. The molecule has 0 aliphatic carbocycles. The average Bonchev–Trinajstić information content (AvgIpc) is 2.16. The van der Waals surface area contributed by atoms with Crippen molar-refractivity contribution in [3.05, 3.63) is 59.2 Å². The van der Waals surface area contributed by atoms with Crippen LogP contribution in [0.25, 0.3) is 0 Å². The van der Waals surface area contributed by atoms with E-state index in [0.717, 1.165) is 0 Å². The van der Waals surface area contributed by atoms with Crippen LogP contribution in [0.15, 0.2) is 38.5 Å². The van der Waals surface area contributed by atoms with Gasteiger partial charge in [0, 0.05) is 0 Å². The first-order valence-corrected chi connectivity index (χ1v) is 3.42. The fraction of sp³-hybridized carbons (Fsp3) is 0.182. The summed E-state index contributed by atoms with van der Waals surface area (Å²) in [6, 6.07) is 0. The van der Waals surface area contributed by atoms with Crippen LogP contribution in [0.5, 0.6) is 0 Å². The second-order valence-electron chi connectivity index (χ2n) is 0.577. The van der Waals surface area contributed by atoms with Gasteiger partial charge >= 0.3 is 0 Å². The summed E-state index contributed by atoms with van der Waals surface area (Å²) in [6.07, 6.45) is 3.00. The molecule has 0 aromatic rings. The largest absolute Gasteiger partial charge is 0.333 e. The monoisotopic (exact) mass is 170 g/mol. The minimum Gasteiger partial charge on any atom is -0.333 e. The summed E-state index contributed by atoms with van der Waals surface area (Å²) in [6.45, 7) is 24.0. The smallest absolute Gasteiger partial charge is 0.0195 e. The fourth-order valence-electron chi connectivity index (χ4n) is 0. The predicted octanol–water partition coefficient (Wildman–Crippen LogP) is 3.23. The Bertz CT molecular complexity index is 34.3. The van der Waals surface area contributed by atoms with E-state index < -0.39 is 0 Å². The van der Waals surface area contributed by atoms with Crippen molar-refractivity contribution in [3.63, 3.8) is 0 Å². The third-order valence-electron chi connectivity index (χ3n) is 0. The molecule has 0 rings (SSSR count). The molecule has 0 fully saturated rings. The average molecular weight is 170 g/mol. The Morgan fingerprint density at radius 3 is 0.833 bits per heavy atom. The molecule has 0 aliphatic heterocycles. The van der Waals surface area contributed by atoms with Crippen molar-refractivity contribution in [2.75, 3.05) is 7.05 Å². The molecule has 0 aromatic carbocycles. The van der Waals surface area contributed by atoms with Crippen LogP contribution < -0.4 is 5.73 Å². The van der Waals surface area contributed by atoms with E-state index in [9.17, 15) is 0 Å². The Morgan fingerprint density at radius 2 is 0.833 bits per heavy atom. The minimum absolute atomic E-state index is 1.50.